The molecule has 3 heterocycles. The lowest BCUT2D eigenvalue weighted by molar-refractivity contribution is -0.155. The molecule has 1 fully saturated rings. The molecule has 2 atom stereocenters. The van der Waals surface area contributed by atoms with Gasteiger partial charge in [-0.05, 0) is 24.1 Å². The normalized spacial score (nSPS) is 24.8. The number of nitrogens with zero attached hydrogens (tertiary/aromatic N) is 4. The van der Waals surface area contributed by atoms with E-state index in [0.29, 0.717) is 13.0 Å². The number of halogens is 2. The Hall–Kier alpha value is -2.39. The summed E-state index contributed by atoms with van der Waals surface area (Å²) in [5, 5.41) is 10.9. The molecule has 2 unspecified atom stereocenters. The second-order valence-electron chi connectivity index (χ2n) is 7.34. The van der Waals surface area contributed by atoms with Crippen molar-refractivity contribution in [2.45, 2.75) is 37.5 Å². The smallest absolute Gasteiger partial charge is 0.282 e. The monoisotopic (exact) mass is 391 g/mol. The minimum absolute atomic E-state index is 0.0586. The standard InChI is InChI=1S/C19H23F2N5O2/c1-25-10-8-19(18(25)27,16-13-6-4-3-5-12(13)7-9-22-16)28-11-14-15(17(20)21)26(2)24-23-14/h3-6,16-17,22H,7-11H2,1-2H3. The number of nitrogens with one attached hydrogen (secondary N) is 1. The second-order valence-corrected chi connectivity index (χ2v) is 7.34. The fourth-order valence-corrected chi connectivity index (χ4v) is 4.25. The van der Waals surface area contributed by atoms with Crippen molar-refractivity contribution in [3.05, 3.63) is 46.8 Å². The van der Waals surface area contributed by atoms with E-state index in [4.69, 9.17) is 4.74 Å². The molecule has 0 aliphatic carbocycles. The maximum atomic E-state index is 13.4. The highest BCUT2D eigenvalue weighted by Gasteiger charge is 2.54. The average Bonchev–Trinajstić information content (AvgIpc) is 3.21. The Kier molecular flexibility index (Phi) is 4.88. The van der Waals surface area contributed by atoms with Crippen molar-refractivity contribution in [1.82, 2.24) is 25.2 Å². The van der Waals surface area contributed by atoms with E-state index in [1.807, 2.05) is 18.2 Å². The van der Waals surface area contributed by atoms with Gasteiger partial charge in [-0.25, -0.2) is 13.5 Å². The lowest BCUT2D eigenvalue weighted by Gasteiger charge is -2.39. The first-order valence-corrected chi connectivity index (χ1v) is 9.31. The Labute approximate surface area is 161 Å². The van der Waals surface area contributed by atoms with Crippen LogP contribution >= 0.6 is 0 Å². The van der Waals surface area contributed by atoms with Crippen LogP contribution in [-0.2, 0) is 29.6 Å². The first kappa shape index (κ1) is 18.9. The molecule has 9 heteroatoms. The molecule has 0 saturated carbocycles. The van der Waals surface area contributed by atoms with Gasteiger partial charge in [-0.2, -0.15) is 0 Å². The number of carbonyl (C=O) groups is 1. The third-order valence-corrected chi connectivity index (χ3v) is 5.72. The quantitative estimate of drug-likeness (QED) is 0.841. The average molecular weight is 391 g/mol. The van der Waals surface area contributed by atoms with Crippen LogP contribution < -0.4 is 5.32 Å². The summed E-state index contributed by atoms with van der Waals surface area (Å²) in [7, 11) is 3.15. The van der Waals surface area contributed by atoms with Gasteiger partial charge in [-0.1, -0.05) is 29.5 Å². The molecule has 7 nitrogen and oxygen atoms in total. The van der Waals surface area contributed by atoms with Crippen molar-refractivity contribution in [1.29, 1.82) is 0 Å². The summed E-state index contributed by atoms with van der Waals surface area (Å²) in [5.41, 5.74) is 0.798. The molecule has 150 valence electrons. The highest BCUT2D eigenvalue weighted by molar-refractivity contribution is 5.88. The molecule has 1 N–H and O–H groups in total. The number of aryl methyl sites for hydroxylation is 1. The number of amides is 1. The third-order valence-electron chi connectivity index (χ3n) is 5.72. The third kappa shape index (κ3) is 2.98. The number of aromatic nitrogens is 3. The van der Waals surface area contributed by atoms with Gasteiger partial charge in [-0.15, -0.1) is 5.10 Å². The number of hydrogen-bond acceptors (Lipinski definition) is 5. The van der Waals surface area contributed by atoms with E-state index in [2.05, 4.69) is 21.7 Å². The van der Waals surface area contributed by atoms with E-state index in [-0.39, 0.29) is 29.9 Å². The van der Waals surface area contributed by atoms with Gasteiger partial charge in [0.1, 0.15) is 11.4 Å². The lowest BCUT2D eigenvalue weighted by Crippen LogP contribution is -2.53. The van der Waals surface area contributed by atoms with E-state index in [0.717, 1.165) is 23.2 Å². The summed E-state index contributed by atoms with van der Waals surface area (Å²) in [6.45, 7) is 1.06. The maximum absolute atomic E-state index is 13.4. The number of alkyl halides is 2. The Balaban J connectivity index is 1.69. The number of likely N-dealkylation sites (N-methyl/N-ethyl adjacent to an activating group) is 1. The van der Waals surface area contributed by atoms with Crippen molar-refractivity contribution < 1.29 is 18.3 Å². The van der Waals surface area contributed by atoms with Gasteiger partial charge in [0, 0.05) is 27.1 Å². The molecule has 1 aromatic carbocycles. The summed E-state index contributed by atoms with van der Waals surface area (Å²) in [6, 6.07) is 7.62. The highest BCUT2D eigenvalue weighted by Crippen LogP contribution is 2.41. The first-order valence-electron chi connectivity index (χ1n) is 9.31. The van der Waals surface area contributed by atoms with Crippen LogP contribution in [0.2, 0.25) is 0 Å². The fourth-order valence-electron chi connectivity index (χ4n) is 4.25. The molecule has 1 aromatic heterocycles. The van der Waals surface area contributed by atoms with Gasteiger partial charge in [0.05, 0.1) is 12.6 Å². The van der Waals surface area contributed by atoms with Crippen LogP contribution in [0.1, 0.15) is 41.4 Å². The largest absolute Gasteiger partial charge is 0.357 e. The Morgan fingerprint density at radius 3 is 2.86 bits per heavy atom. The molecule has 1 amide bonds. The molecule has 0 spiro atoms. The summed E-state index contributed by atoms with van der Waals surface area (Å²) in [5.74, 6) is -0.149. The van der Waals surface area contributed by atoms with Crippen molar-refractivity contribution >= 4 is 5.91 Å². The number of hydrogen-bond donors (Lipinski definition) is 1. The molecule has 0 radical (unpaired) electrons. The number of fused-ring (bicyclic) bond motifs is 1. The van der Waals surface area contributed by atoms with E-state index in [1.165, 1.54) is 12.6 Å². The van der Waals surface area contributed by atoms with Crippen LogP contribution in [0.3, 0.4) is 0 Å². The number of carbonyl (C=O) groups excluding carboxylic acids is 1. The van der Waals surface area contributed by atoms with Crippen LogP contribution in [0, 0.1) is 0 Å². The maximum Gasteiger partial charge on any atom is 0.282 e. The van der Waals surface area contributed by atoms with Gasteiger partial charge in [0.25, 0.3) is 12.3 Å². The molecule has 28 heavy (non-hydrogen) atoms. The van der Waals surface area contributed by atoms with Crippen LogP contribution in [0.5, 0.6) is 0 Å². The fraction of sp³-hybridized carbons (Fsp3) is 0.526. The van der Waals surface area contributed by atoms with Gasteiger partial charge < -0.3 is 15.0 Å². The highest BCUT2D eigenvalue weighted by atomic mass is 19.3. The first-order chi connectivity index (χ1) is 13.4. The summed E-state index contributed by atoms with van der Waals surface area (Å²) >= 11 is 0. The lowest BCUT2D eigenvalue weighted by atomic mass is 9.81. The minimum atomic E-state index is -2.72. The Morgan fingerprint density at radius 1 is 1.36 bits per heavy atom. The molecule has 2 aliphatic rings. The summed E-state index contributed by atoms with van der Waals surface area (Å²) in [4.78, 5) is 14.8. The zero-order chi connectivity index (χ0) is 19.9. The predicted octanol–water partition coefficient (Wildman–Crippen LogP) is 1.76. The summed E-state index contributed by atoms with van der Waals surface area (Å²) in [6.07, 6.45) is -1.38. The number of rotatable bonds is 5. The number of benzene rings is 1. The van der Waals surface area contributed by atoms with Crippen LogP contribution in [-0.4, -0.2) is 51.5 Å². The molecule has 4 rings (SSSR count). The van der Waals surface area contributed by atoms with Crippen LogP contribution in [0.4, 0.5) is 8.78 Å². The summed E-state index contributed by atoms with van der Waals surface area (Å²) < 4.78 is 33.9. The van der Waals surface area contributed by atoms with E-state index in [9.17, 15) is 13.6 Å². The molecule has 1 saturated heterocycles. The van der Waals surface area contributed by atoms with Gasteiger partial charge in [0.15, 0.2) is 5.60 Å². The zero-order valence-corrected chi connectivity index (χ0v) is 15.9. The SMILES string of the molecule is CN1CCC(OCc2nnn(C)c2C(F)F)(C2NCCc3ccccc32)C1=O. The van der Waals surface area contributed by atoms with Crippen LogP contribution in [0.15, 0.2) is 24.3 Å². The second kappa shape index (κ2) is 7.21. The van der Waals surface area contributed by atoms with Crippen molar-refractivity contribution in [3.63, 3.8) is 0 Å². The van der Waals surface area contributed by atoms with E-state index >= 15 is 0 Å². The molecular formula is C19H23F2N5O2. The van der Waals surface area contributed by atoms with Gasteiger partial charge >= 0.3 is 0 Å². The zero-order valence-electron chi connectivity index (χ0n) is 15.9. The number of likely N-dealkylation sites (tertiary alicyclic amines) is 1. The van der Waals surface area contributed by atoms with Crippen LogP contribution in [0.25, 0.3) is 0 Å². The number of ether oxygens (including phenoxy) is 1. The predicted molar refractivity (Wildman–Crippen MR) is 96.6 cm³/mol. The molecular weight excluding hydrogens is 368 g/mol. The Morgan fingerprint density at radius 2 is 2.14 bits per heavy atom. The van der Waals surface area contributed by atoms with Gasteiger partial charge in [0.2, 0.25) is 0 Å². The molecule has 0 bridgehead atoms. The van der Waals surface area contributed by atoms with E-state index in [1.54, 1.807) is 11.9 Å². The molecule has 2 aromatic rings. The van der Waals surface area contributed by atoms with Gasteiger partial charge in [-0.3, -0.25) is 4.79 Å². The van der Waals surface area contributed by atoms with Crippen molar-refractivity contribution in [2.24, 2.45) is 7.05 Å². The van der Waals surface area contributed by atoms with E-state index < -0.39 is 12.0 Å². The minimum Gasteiger partial charge on any atom is -0.357 e. The topological polar surface area (TPSA) is 72.3 Å². The Bertz CT molecular complexity index is 887. The van der Waals surface area contributed by atoms with Crippen molar-refractivity contribution in [2.75, 3.05) is 20.1 Å². The molecule has 2 aliphatic heterocycles. The van der Waals surface area contributed by atoms with Crippen molar-refractivity contribution in [3.8, 4) is 0 Å².